The molecule has 0 aromatic carbocycles. The molecule has 0 amide bonds. The molecule has 0 spiro atoms. The summed E-state index contributed by atoms with van der Waals surface area (Å²) in [6.45, 7) is 0.637. The molecule has 0 radical (unpaired) electrons. The molecule has 3 N–H and O–H groups in total. The standard InChI is InChI=1S/C12H25NO6/c14-12(15)10-8-6-4-2-1-3-5-7-9-11-13-17-19-18-16/h13,16H,1-11H2,(H,14,15). The van der Waals surface area contributed by atoms with Crippen molar-refractivity contribution in [1.29, 1.82) is 0 Å². The van der Waals surface area contributed by atoms with Crippen molar-refractivity contribution in [2.75, 3.05) is 6.54 Å². The fraction of sp³-hybridized carbons (Fsp3) is 0.917. The van der Waals surface area contributed by atoms with E-state index in [9.17, 15) is 4.79 Å². The minimum Gasteiger partial charge on any atom is -0.481 e. The largest absolute Gasteiger partial charge is 0.481 e. The Morgan fingerprint density at radius 2 is 1.42 bits per heavy atom. The van der Waals surface area contributed by atoms with Crippen LogP contribution in [-0.2, 0) is 19.9 Å². The number of carboxylic acids is 1. The van der Waals surface area contributed by atoms with Gasteiger partial charge in [-0.05, 0) is 22.9 Å². The number of hydrogen-bond acceptors (Lipinski definition) is 6. The molecule has 0 aliphatic rings. The van der Waals surface area contributed by atoms with Gasteiger partial charge in [-0.25, -0.2) is 5.26 Å². The maximum absolute atomic E-state index is 10.3. The summed E-state index contributed by atoms with van der Waals surface area (Å²) >= 11 is 0. The first-order valence-electron chi connectivity index (χ1n) is 6.85. The SMILES string of the molecule is O=C(O)CCCCCCCCCCCNOOOO. The van der Waals surface area contributed by atoms with Gasteiger partial charge in [0.25, 0.3) is 0 Å². The number of carbonyl (C=O) groups is 1. The smallest absolute Gasteiger partial charge is 0.303 e. The van der Waals surface area contributed by atoms with Gasteiger partial charge in [0.05, 0.1) is 0 Å². The van der Waals surface area contributed by atoms with Crippen molar-refractivity contribution in [3.05, 3.63) is 0 Å². The Labute approximate surface area is 113 Å². The van der Waals surface area contributed by atoms with Crippen molar-refractivity contribution in [2.24, 2.45) is 0 Å². The van der Waals surface area contributed by atoms with E-state index in [2.05, 4.69) is 20.5 Å². The molecule has 7 heteroatoms. The van der Waals surface area contributed by atoms with Gasteiger partial charge < -0.3 is 5.11 Å². The molecule has 0 atom stereocenters. The monoisotopic (exact) mass is 279 g/mol. The molecule has 19 heavy (non-hydrogen) atoms. The molecule has 0 heterocycles. The van der Waals surface area contributed by atoms with Crippen LogP contribution in [0.25, 0.3) is 0 Å². The zero-order valence-corrected chi connectivity index (χ0v) is 11.3. The van der Waals surface area contributed by atoms with Crippen molar-refractivity contribution in [2.45, 2.75) is 64.2 Å². The van der Waals surface area contributed by atoms with Gasteiger partial charge in [0.2, 0.25) is 0 Å². The number of hydroxylamine groups is 1. The van der Waals surface area contributed by atoms with Crippen molar-refractivity contribution in [1.82, 2.24) is 5.48 Å². The molecule has 0 unspecified atom stereocenters. The molecule has 0 saturated carbocycles. The van der Waals surface area contributed by atoms with Crippen LogP contribution in [0.2, 0.25) is 0 Å². The highest BCUT2D eigenvalue weighted by Crippen LogP contribution is 2.10. The van der Waals surface area contributed by atoms with Crippen molar-refractivity contribution in [3.63, 3.8) is 0 Å². The van der Waals surface area contributed by atoms with Gasteiger partial charge >= 0.3 is 5.97 Å². The summed E-state index contributed by atoms with van der Waals surface area (Å²) in [7, 11) is 0. The van der Waals surface area contributed by atoms with E-state index in [4.69, 9.17) is 10.4 Å². The van der Waals surface area contributed by atoms with Gasteiger partial charge in [0, 0.05) is 13.0 Å². The number of aliphatic carboxylic acids is 1. The Hall–Kier alpha value is -0.730. The number of carboxylic acid groups (broad SMARTS) is 1. The Morgan fingerprint density at radius 1 is 0.895 bits per heavy atom. The Kier molecular flexibility index (Phi) is 14.7. The summed E-state index contributed by atoms with van der Waals surface area (Å²) in [4.78, 5) is 14.5. The third-order valence-corrected chi connectivity index (χ3v) is 2.79. The highest BCUT2D eigenvalue weighted by Gasteiger charge is 1.96. The van der Waals surface area contributed by atoms with Crippen LogP contribution >= 0.6 is 0 Å². The van der Waals surface area contributed by atoms with Gasteiger partial charge in [0.15, 0.2) is 0 Å². The highest BCUT2D eigenvalue weighted by molar-refractivity contribution is 5.66. The van der Waals surface area contributed by atoms with Gasteiger partial charge in [-0.1, -0.05) is 44.9 Å². The van der Waals surface area contributed by atoms with Crippen LogP contribution in [-0.4, -0.2) is 22.9 Å². The Morgan fingerprint density at radius 3 is 1.95 bits per heavy atom. The van der Waals surface area contributed by atoms with Gasteiger partial charge in [-0.3, -0.25) is 4.79 Å². The maximum atomic E-state index is 10.3. The molecule has 0 aliphatic heterocycles. The average Bonchev–Trinajstić information content (AvgIpc) is 2.39. The predicted octanol–water partition coefficient (Wildman–Crippen LogP) is 2.83. The minimum absolute atomic E-state index is 0.292. The van der Waals surface area contributed by atoms with E-state index < -0.39 is 5.97 Å². The molecule has 0 aromatic rings. The lowest BCUT2D eigenvalue weighted by Crippen LogP contribution is -2.16. The number of nitrogens with one attached hydrogen (secondary N) is 1. The van der Waals surface area contributed by atoms with E-state index >= 15 is 0 Å². The normalized spacial score (nSPS) is 10.8. The minimum atomic E-state index is -0.700. The van der Waals surface area contributed by atoms with Crippen LogP contribution in [0.5, 0.6) is 0 Å². The second-order valence-electron chi connectivity index (χ2n) is 4.45. The lowest BCUT2D eigenvalue weighted by atomic mass is 10.1. The van der Waals surface area contributed by atoms with Crippen LogP contribution in [0.3, 0.4) is 0 Å². The predicted molar refractivity (Wildman–Crippen MR) is 67.7 cm³/mol. The summed E-state index contributed by atoms with van der Waals surface area (Å²) < 4.78 is 0. The second kappa shape index (κ2) is 15.3. The molecular weight excluding hydrogens is 254 g/mol. The average molecular weight is 279 g/mol. The molecule has 114 valence electrons. The van der Waals surface area contributed by atoms with E-state index in [0.717, 1.165) is 32.1 Å². The summed E-state index contributed by atoms with van der Waals surface area (Å²) in [5.74, 6) is -0.700. The van der Waals surface area contributed by atoms with Crippen LogP contribution in [0.15, 0.2) is 0 Å². The molecule has 0 aliphatic carbocycles. The van der Waals surface area contributed by atoms with Crippen LogP contribution < -0.4 is 5.48 Å². The highest BCUT2D eigenvalue weighted by atomic mass is 17.7. The number of unbranched alkanes of at least 4 members (excludes halogenated alkanes) is 8. The molecule has 0 saturated heterocycles. The quantitative estimate of drug-likeness (QED) is 0.241. The van der Waals surface area contributed by atoms with E-state index in [-0.39, 0.29) is 0 Å². The van der Waals surface area contributed by atoms with Crippen LogP contribution in [0, 0.1) is 0 Å². The lowest BCUT2D eigenvalue weighted by molar-refractivity contribution is -0.636. The number of rotatable bonds is 15. The summed E-state index contributed by atoms with van der Waals surface area (Å²) in [5, 5.41) is 23.2. The zero-order valence-electron chi connectivity index (χ0n) is 11.3. The Bertz CT molecular complexity index is 203. The summed E-state index contributed by atoms with van der Waals surface area (Å²) in [6, 6.07) is 0. The first-order valence-corrected chi connectivity index (χ1v) is 6.85. The molecule has 0 rings (SSSR count). The second-order valence-corrected chi connectivity index (χ2v) is 4.45. The van der Waals surface area contributed by atoms with E-state index in [1.807, 2.05) is 0 Å². The van der Waals surface area contributed by atoms with Crippen molar-refractivity contribution >= 4 is 5.97 Å². The van der Waals surface area contributed by atoms with Crippen LogP contribution in [0.4, 0.5) is 0 Å². The zero-order chi connectivity index (χ0) is 14.2. The first-order chi connectivity index (χ1) is 9.27. The Balaban J connectivity index is 2.93. The lowest BCUT2D eigenvalue weighted by Gasteiger charge is -2.03. The van der Waals surface area contributed by atoms with E-state index in [1.54, 1.807) is 0 Å². The molecule has 0 bridgehead atoms. The third-order valence-electron chi connectivity index (χ3n) is 2.79. The molecule has 0 aromatic heterocycles. The topological polar surface area (TPSA) is 97.3 Å². The first kappa shape index (κ1) is 18.3. The van der Waals surface area contributed by atoms with Crippen molar-refractivity contribution < 1.29 is 30.2 Å². The summed E-state index contributed by atoms with van der Waals surface area (Å²) in [6.07, 6.45) is 10.1. The van der Waals surface area contributed by atoms with Crippen LogP contribution in [0.1, 0.15) is 64.2 Å². The molecule has 7 nitrogen and oxygen atoms in total. The number of hydrogen-bond donors (Lipinski definition) is 3. The van der Waals surface area contributed by atoms with E-state index in [1.165, 1.54) is 25.7 Å². The fourth-order valence-corrected chi connectivity index (χ4v) is 1.79. The molecular formula is C12H25NO6. The van der Waals surface area contributed by atoms with Gasteiger partial charge in [-0.2, -0.15) is 5.48 Å². The van der Waals surface area contributed by atoms with Gasteiger partial charge in [0.1, 0.15) is 0 Å². The molecule has 0 fully saturated rings. The van der Waals surface area contributed by atoms with Gasteiger partial charge in [-0.15, -0.1) is 4.99 Å². The third kappa shape index (κ3) is 17.3. The van der Waals surface area contributed by atoms with Crippen molar-refractivity contribution in [3.8, 4) is 0 Å². The maximum Gasteiger partial charge on any atom is 0.303 e. The fourth-order valence-electron chi connectivity index (χ4n) is 1.79. The van der Waals surface area contributed by atoms with E-state index in [0.29, 0.717) is 13.0 Å². The summed E-state index contributed by atoms with van der Waals surface area (Å²) in [5.41, 5.74) is 2.47.